The number of rotatable bonds is 5. The van der Waals surface area contributed by atoms with Gasteiger partial charge >= 0.3 is 0 Å². The van der Waals surface area contributed by atoms with E-state index in [1.807, 2.05) is 0 Å². The Hall–Kier alpha value is -1.74. The molecule has 3 heterocycles. The highest BCUT2D eigenvalue weighted by atomic mass is 32.2. The number of ether oxygens (including phenoxy) is 1. The van der Waals surface area contributed by atoms with Crippen molar-refractivity contribution in [3.8, 4) is 0 Å². The molecule has 2 saturated heterocycles. The molecule has 0 aromatic carbocycles. The monoisotopic (exact) mass is 354 g/mol. The zero-order chi connectivity index (χ0) is 17.2. The van der Waals surface area contributed by atoms with Gasteiger partial charge in [-0.2, -0.15) is 0 Å². The Labute approximate surface area is 141 Å². The highest BCUT2D eigenvalue weighted by Crippen LogP contribution is 2.14. The minimum Gasteiger partial charge on any atom is -0.376 e. The van der Waals surface area contributed by atoms with Crippen LogP contribution in [0.3, 0.4) is 0 Å². The molecule has 1 aromatic heterocycles. The molecule has 0 aliphatic carbocycles. The van der Waals surface area contributed by atoms with Crippen molar-refractivity contribution in [3.63, 3.8) is 0 Å². The quantitative estimate of drug-likeness (QED) is 0.782. The summed E-state index contributed by atoms with van der Waals surface area (Å²) in [5.41, 5.74) is 0.908. The molecule has 2 N–H and O–H groups in total. The minimum absolute atomic E-state index is 0.00701. The molecular formula is C15H22N4O4S. The Morgan fingerprint density at radius 1 is 1.38 bits per heavy atom. The van der Waals surface area contributed by atoms with Crippen LogP contribution in [0.15, 0.2) is 6.07 Å². The molecule has 1 amide bonds. The standard InChI is InChI=1S/C15H22N4O4S/c1-10-7-13(14(20)18-11-4-6-24(21,22)9-11)19-15(17-10)16-8-12-3-2-5-23-12/h7,11-12H,2-6,8-9H2,1H3,(H,18,20)(H,16,17,19). The van der Waals surface area contributed by atoms with Gasteiger partial charge in [-0.25, -0.2) is 18.4 Å². The number of sulfone groups is 1. The van der Waals surface area contributed by atoms with Crippen molar-refractivity contribution in [1.82, 2.24) is 15.3 Å². The van der Waals surface area contributed by atoms with E-state index in [4.69, 9.17) is 4.74 Å². The maximum atomic E-state index is 12.3. The summed E-state index contributed by atoms with van der Waals surface area (Å²) in [4.78, 5) is 20.8. The number of anilines is 1. The second-order valence-electron chi connectivity index (χ2n) is 6.31. The van der Waals surface area contributed by atoms with Crippen molar-refractivity contribution < 1.29 is 17.9 Å². The van der Waals surface area contributed by atoms with E-state index in [1.165, 1.54) is 0 Å². The van der Waals surface area contributed by atoms with Crippen LogP contribution in [-0.2, 0) is 14.6 Å². The molecule has 0 radical (unpaired) electrons. The number of hydrogen-bond donors (Lipinski definition) is 2. The Balaban J connectivity index is 1.63. The summed E-state index contributed by atoms with van der Waals surface area (Å²) < 4.78 is 28.5. The van der Waals surface area contributed by atoms with Crippen molar-refractivity contribution in [2.45, 2.75) is 38.3 Å². The first kappa shape index (κ1) is 17.1. The van der Waals surface area contributed by atoms with Gasteiger partial charge in [0, 0.05) is 24.9 Å². The van der Waals surface area contributed by atoms with Crippen LogP contribution in [0.2, 0.25) is 0 Å². The van der Waals surface area contributed by atoms with E-state index >= 15 is 0 Å². The second-order valence-corrected chi connectivity index (χ2v) is 8.54. The zero-order valence-electron chi connectivity index (χ0n) is 13.6. The Kier molecular flexibility index (Phi) is 5.00. The highest BCUT2D eigenvalue weighted by Gasteiger charge is 2.29. The fourth-order valence-corrected chi connectivity index (χ4v) is 4.62. The van der Waals surface area contributed by atoms with E-state index in [1.54, 1.807) is 13.0 Å². The van der Waals surface area contributed by atoms with E-state index in [0.717, 1.165) is 19.4 Å². The van der Waals surface area contributed by atoms with Crippen LogP contribution in [0.5, 0.6) is 0 Å². The third-order valence-corrected chi connectivity index (χ3v) is 5.93. The van der Waals surface area contributed by atoms with Gasteiger partial charge in [-0.15, -0.1) is 0 Å². The average molecular weight is 354 g/mol. The Morgan fingerprint density at radius 3 is 2.88 bits per heavy atom. The van der Waals surface area contributed by atoms with E-state index in [9.17, 15) is 13.2 Å². The van der Waals surface area contributed by atoms with Crippen molar-refractivity contribution in [3.05, 3.63) is 17.5 Å². The molecule has 8 nitrogen and oxygen atoms in total. The first-order valence-electron chi connectivity index (χ1n) is 8.14. The number of carbonyl (C=O) groups excluding carboxylic acids is 1. The predicted octanol–water partition coefficient (Wildman–Crippen LogP) is 0.293. The van der Waals surface area contributed by atoms with Crippen LogP contribution in [0, 0.1) is 6.92 Å². The molecular weight excluding hydrogens is 332 g/mol. The number of amides is 1. The molecule has 2 fully saturated rings. The van der Waals surface area contributed by atoms with Gasteiger partial charge in [-0.1, -0.05) is 0 Å². The lowest BCUT2D eigenvalue weighted by Crippen LogP contribution is -2.36. The smallest absolute Gasteiger partial charge is 0.270 e. The lowest BCUT2D eigenvalue weighted by atomic mass is 10.2. The summed E-state index contributed by atoms with van der Waals surface area (Å²) in [6.07, 6.45) is 2.65. The van der Waals surface area contributed by atoms with Crippen molar-refractivity contribution in [1.29, 1.82) is 0 Å². The first-order valence-corrected chi connectivity index (χ1v) is 9.96. The van der Waals surface area contributed by atoms with E-state index in [-0.39, 0.29) is 35.3 Å². The van der Waals surface area contributed by atoms with E-state index < -0.39 is 9.84 Å². The number of carbonyl (C=O) groups is 1. The van der Waals surface area contributed by atoms with Gasteiger partial charge in [0.25, 0.3) is 5.91 Å². The number of hydrogen-bond acceptors (Lipinski definition) is 7. The second kappa shape index (κ2) is 7.02. The summed E-state index contributed by atoms with van der Waals surface area (Å²) >= 11 is 0. The van der Waals surface area contributed by atoms with Gasteiger partial charge in [0.05, 0.1) is 17.6 Å². The van der Waals surface area contributed by atoms with Crippen LogP contribution in [0.4, 0.5) is 5.95 Å². The molecule has 0 bridgehead atoms. The molecule has 2 unspecified atom stereocenters. The van der Waals surface area contributed by atoms with Crippen LogP contribution in [-0.4, -0.2) is 61.1 Å². The lowest BCUT2D eigenvalue weighted by Gasteiger charge is -2.13. The Bertz CT molecular complexity index is 716. The van der Waals surface area contributed by atoms with E-state index in [0.29, 0.717) is 24.6 Å². The molecule has 2 aliphatic heterocycles. The summed E-state index contributed by atoms with van der Waals surface area (Å²) in [7, 11) is -3.03. The Morgan fingerprint density at radius 2 is 2.21 bits per heavy atom. The number of nitrogens with zero attached hydrogens (tertiary/aromatic N) is 2. The van der Waals surface area contributed by atoms with Gasteiger partial charge in [0.2, 0.25) is 5.95 Å². The molecule has 24 heavy (non-hydrogen) atoms. The molecule has 2 aliphatic rings. The molecule has 0 saturated carbocycles. The topological polar surface area (TPSA) is 110 Å². The van der Waals surface area contributed by atoms with Crippen LogP contribution in [0.25, 0.3) is 0 Å². The third kappa shape index (κ3) is 4.41. The number of aromatic nitrogens is 2. The van der Waals surface area contributed by atoms with Gasteiger partial charge in [-0.3, -0.25) is 4.79 Å². The van der Waals surface area contributed by atoms with Crippen molar-refractivity contribution in [2.75, 3.05) is 30.0 Å². The third-order valence-electron chi connectivity index (χ3n) is 4.17. The largest absolute Gasteiger partial charge is 0.376 e. The fourth-order valence-electron chi connectivity index (χ4n) is 2.94. The molecule has 3 rings (SSSR count). The molecule has 9 heteroatoms. The molecule has 1 aromatic rings. The average Bonchev–Trinajstić information content (AvgIpc) is 3.14. The highest BCUT2D eigenvalue weighted by molar-refractivity contribution is 7.91. The summed E-state index contributed by atoms with van der Waals surface area (Å²) in [6.45, 7) is 3.17. The molecule has 0 spiro atoms. The number of aryl methyl sites for hydroxylation is 1. The van der Waals surface area contributed by atoms with Gasteiger partial charge < -0.3 is 15.4 Å². The van der Waals surface area contributed by atoms with Crippen LogP contribution >= 0.6 is 0 Å². The summed E-state index contributed by atoms with van der Waals surface area (Å²) in [5.74, 6) is 0.125. The SMILES string of the molecule is Cc1cc(C(=O)NC2CCS(=O)(=O)C2)nc(NCC2CCCO2)n1. The summed E-state index contributed by atoms with van der Waals surface area (Å²) in [6, 6.07) is 1.25. The fraction of sp³-hybridized carbons (Fsp3) is 0.667. The van der Waals surface area contributed by atoms with Crippen LogP contribution in [0.1, 0.15) is 35.4 Å². The first-order chi connectivity index (χ1) is 11.4. The van der Waals surface area contributed by atoms with Gasteiger partial charge in [-0.05, 0) is 32.3 Å². The maximum Gasteiger partial charge on any atom is 0.270 e. The van der Waals surface area contributed by atoms with Gasteiger partial charge in [0.1, 0.15) is 5.69 Å². The number of nitrogens with one attached hydrogen (secondary N) is 2. The maximum absolute atomic E-state index is 12.3. The molecule has 2 atom stereocenters. The van der Waals surface area contributed by atoms with Crippen LogP contribution < -0.4 is 10.6 Å². The van der Waals surface area contributed by atoms with Crippen molar-refractivity contribution >= 4 is 21.7 Å². The molecule has 132 valence electrons. The summed E-state index contributed by atoms with van der Waals surface area (Å²) in [5, 5.41) is 5.85. The normalized spacial score (nSPS) is 25.5. The van der Waals surface area contributed by atoms with E-state index in [2.05, 4.69) is 20.6 Å². The minimum atomic E-state index is -3.03. The zero-order valence-corrected chi connectivity index (χ0v) is 14.4. The van der Waals surface area contributed by atoms with Gasteiger partial charge in [0.15, 0.2) is 9.84 Å². The predicted molar refractivity (Wildman–Crippen MR) is 88.8 cm³/mol. The lowest BCUT2D eigenvalue weighted by molar-refractivity contribution is 0.0936. The van der Waals surface area contributed by atoms with Crippen molar-refractivity contribution in [2.24, 2.45) is 0 Å².